The molecule has 0 aliphatic heterocycles. The van der Waals surface area contributed by atoms with Crippen molar-refractivity contribution in [1.29, 1.82) is 0 Å². The standard InChI is InChI=1S/C17H18N2O/c20-17(18-15-9-5-2-6-10-15)19(16-11-12-16)13-14-7-3-1-4-8-14/h1-10,16H,11-13H2,(H,18,20). The van der Waals surface area contributed by atoms with Gasteiger partial charge in [0.15, 0.2) is 0 Å². The van der Waals surface area contributed by atoms with Gasteiger partial charge in [-0.25, -0.2) is 4.79 Å². The van der Waals surface area contributed by atoms with Crippen molar-refractivity contribution in [3.63, 3.8) is 0 Å². The molecule has 20 heavy (non-hydrogen) atoms. The van der Waals surface area contributed by atoms with Crippen LogP contribution in [0.3, 0.4) is 0 Å². The third-order valence-corrected chi connectivity index (χ3v) is 3.47. The van der Waals surface area contributed by atoms with Gasteiger partial charge in [0.25, 0.3) is 0 Å². The van der Waals surface area contributed by atoms with Gasteiger partial charge in [-0.15, -0.1) is 0 Å². The van der Waals surface area contributed by atoms with Crippen LogP contribution in [-0.4, -0.2) is 17.0 Å². The molecule has 1 N–H and O–H groups in total. The van der Waals surface area contributed by atoms with E-state index in [1.165, 1.54) is 5.56 Å². The van der Waals surface area contributed by atoms with Gasteiger partial charge in [0, 0.05) is 18.3 Å². The molecule has 0 aromatic heterocycles. The van der Waals surface area contributed by atoms with E-state index in [-0.39, 0.29) is 6.03 Å². The van der Waals surface area contributed by atoms with Gasteiger partial charge in [0.1, 0.15) is 0 Å². The van der Waals surface area contributed by atoms with E-state index in [9.17, 15) is 4.79 Å². The summed E-state index contributed by atoms with van der Waals surface area (Å²) in [6.45, 7) is 0.671. The van der Waals surface area contributed by atoms with E-state index < -0.39 is 0 Å². The van der Waals surface area contributed by atoms with E-state index in [1.54, 1.807) is 0 Å². The number of nitrogens with zero attached hydrogens (tertiary/aromatic N) is 1. The van der Waals surface area contributed by atoms with Gasteiger partial charge >= 0.3 is 6.03 Å². The van der Waals surface area contributed by atoms with Gasteiger partial charge in [-0.2, -0.15) is 0 Å². The number of para-hydroxylation sites is 1. The summed E-state index contributed by atoms with van der Waals surface area (Å²) in [5.74, 6) is 0. The second-order valence-electron chi connectivity index (χ2n) is 5.14. The molecule has 1 aliphatic carbocycles. The molecule has 0 spiro atoms. The van der Waals surface area contributed by atoms with Crippen LogP contribution in [0.2, 0.25) is 0 Å². The van der Waals surface area contributed by atoms with Gasteiger partial charge in [0.05, 0.1) is 0 Å². The predicted octanol–water partition coefficient (Wildman–Crippen LogP) is 3.88. The van der Waals surface area contributed by atoms with Crippen LogP contribution in [0.25, 0.3) is 0 Å². The molecule has 0 bridgehead atoms. The normalized spacial score (nSPS) is 13.8. The first-order valence-electron chi connectivity index (χ1n) is 6.99. The van der Waals surface area contributed by atoms with Crippen LogP contribution in [0, 0.1) is 0 Å². The van der Waals surface area contributed by atoms with Crippen LogP contribution >= 0.6 is 0 Å². The van der Waals surface area contributed by atoms with Crippen molar-refractivity contribution in [3.8, 4) is 0 Å². The molecule has 3 heteroatoms. The SMILES string of the molecule is O=C(Nc1ccccc1)N(Cc1ccccc1)C1CC1. The number of carbonyl (C=O) groups excluding carboxylic acids is 1. The lowest BCUT2D eigenvalue weighted by molar-refractivity contribution is 0.206. The van der Waals surface area contributed by atoms with E-state index in [0.717, 1.165) is 18.5 Å². The van der Waals surface area contributed by atoms with Crippen LogP contribution in [0.15, 0.2) is 60.7 Å². The summed E-state index contributed by atoms with van der Waals surface area (Å²) < 4.78 is 0. The summed E-state index contributed by atoms with van der Waals surface area (Å²) in [6, 6.07) is 20.1. The number of rotatable bonds is 4. The van der Waals surface area contributed by atoms with E-state index in [0.29, 0.717) is 12.6 Å². The number of urea groups is 1. The first-order chi connectivity index (χ1) is 9.83. The van der Waals surface area contributed by atoms with Crippen LogP contribution in [0.1, 0.15) is 18.4 Å². The first kappa shape index (κ1) is 12.7. The van der Waals surface area contributed by atoms with E-state index >= 15 is 0 Å². The highest BCUT2D eigenvalue weighted by Gasteiger charge is 2.32. The van der Waals surface area contributed by atoms with Crippen LogP contribution in [-0.2, 0) is 6.54 Å². The summed E-state index contributed by atoms with van der Waals surface area (Å²) in [5, 5.41) is 2.97. The summed E-state index contributed by atoms with van der Waals surface area (Å²) in [7, 11) is 0. The van der Waals surface area contributed by atoms with Gasteiger partial charge in [-0.05, 0) is 30.5 Å². The van der Waals surface area contributed by atoms with Gasteiger partial charge in [-0.1, -0.05) is 48.5 Å². The van der Waals surface area contributed by atoms with Gasteiger partial charge < -0.3 is 10.2 Å². The molecule has 0 saturated heterocycles. The largest absolute Gasteiger partial charge is 0.322 e. The molecule has 2 amide bonds. The fraction of sp³-hybridized carbons (Fsp3) is 0.235. The van der Waals surface area contributed by atoms with Crippen molar-refractivity contribution in [3.05, 3.63) is 66.2 Å². The van der Waals surface area contributed by atoms with Crippen molar-refractivity contribution in [2.45, 2.75) is 25.4 Å². The Morgan fingerprint density at radius 2 is 1.60 bits per heavy atom. The number of hydrogen-bond acceptors (Lipinski definition) is 1. The fourth-order valence-electron chi connectivity index (χ4n) is 2.25. The van der Waals surface area contributed by atoms with E-state index in [1.807, 2.05) is 53.4 Å². The first-order valence-corrected chi connectivity index (χ1v) is 6.99. The molecule has 2 aromatic rings. The Balaban J connectivity index is 1.69. The maximum atomic E-state index is 12.4. The molecule has 0 unspecified atom stereocenters. The maximum Gasteiger partial charge on any atom is 0.322 e. The van der Waals surface area contributed by atoms with Crippen molar-refractivity contribution in [2.75, 3.05) is 5.32 Å². The summed E-state index contributed by atoms with van der Waals surface area (Å²) in [5.41, 5.74) is 2.01. The van der Waals surface area contributed by atoms with Gasteiger partial charge in [0.2, 0.25) is 0 Å². The van der Waals surface area contributed by atoms with Crippen molar-refractivity contribution in [1.82, 2.24) is 4.90 Å². The minimum atomic E-state index is -0.0115. The number of carbonyl (C=O) groups is 1. The summed E-state index contributed by atoms with van der Waals surface area (Å²) in [6.07, 6.45) is 2.21. The predicted molar refractivity (Wildman–Crippen MR) is 80.5 cm³/mol. The Bertz CT molecular complexity index is 564. The second-order valence-corrected chi connectivity index (χ2v) is 5.14. The van der Waals surface area contributed by atoms with Crippen LogP contribution < -0.4 is 5.32 Å². The zero-order valence-corrected chi connectivity index (χ0v) is 11.3. The third-order valence-electron chi connectivity index (χ3n) is 3.47. The monoisotopic (exact) mass is 266 g/mol. The molecule has 0 atom stereocenters. The molecule has 0 radical (unpaired) electrons. The Kier molecular flexibility index (Phi) is 3.68. The smallest absolute Gasteiger partial charge is 0.317 e. The fourth-order valence-corrected chi connectivity index (χ4v) is 2.25. The van der Waals surface area contributed by atoms with Crippen LogP contribution in [0.5, 0.6) is 0 Å². The molecular weight excluding hydrogens is 248 g/mol. The Morgan fingerprint density at radius 3 is 2.20 bits per heavy atom. The molecule has 102 valence electrons. The molecular formula is C17H18N2O. The van der Waals surface area contributed by atoms with Crippen LogP contribution in [0.4, 0.5) is 10.5 Å². The molecule has 1 aliphatic rings. The molecule has 3 nitrogen and oxygen atoms in total. The second kappa shape index (κ2) is 5.78. The molecule has 1 saturated carbocycles. The minimum Gasteiger partial charge on any atom is -0.317 e. The minimum absolute atomic E-state index is 0.0115. The highest BCUT2D eigenvalue weighted by molar-refractivity contribution is 5.89. The molecule has 0 heterocycles. The molecule has 2 aromatic carbocycles. The topological polar surface area (TPSA) is 32.3 Å². The third kappa shape index (κ3) is 3.18. The quantitative estimate of drug-likeness (QED) is 0.894. The zero-order chi connectivity index (χ0) is 13.8. The van der Waals surface area contributed by atoms with E-state index in [2.05, 4.69) is 17.4 Å². The highest BCUT2D eigenvalue weighted by Crippen LogP contribution is 2.29. The van der Waals surface area contributed by atoms with Crippen molar-refractivity contribution >= 4 is 11.7 Å². The lowest BCUT2D eigenvalue weighted by Crippen LogP contribution is -2.36. The average Bonchev–Trinajstić information content (AvgIpc) is 3.31. The van der Waals surface area contributed by atoms with E-state index in [4.69, 9.17) is 0 Å². The lowest BCUT2D eigenvalue weighted by Gasteiger charge is -2.23. The Labute approximate surface area is 119 Å². The van der Waals surface area contributed by atoms with Gasteiger partial charge in [-0.3, -0.25) is 0 Å². The van der Waals surface area contributed by atoms with Crippen molar-refractivity contribution in [2.24, 2.45) is 0 Å². The number of nitrogens with one attached hydrogen (secondary N) is 1. The number of anilines is 1. The van der Waals surface area contributed by atoms with Crippen molar-refractivity contribution < 1.29 is 4.79 Å². The number of benzene rings is 2. The molecule has 3 rings (SSSR count). The average molecular weight is 266 g/mol. The maximum absolute atomic E-state index is 12.4. The molecule has 1 fully saturated rings. The lowest BCUT2D eigenvalue weighted by atomic mass is 10.2. The number of amides is 2. The number of hydrogen-bond donors (Lipinski definition) is 1. The summed E-state index contributed by atoms with van der Waals surface area (Å²) in [4.78, 5) is 14.3. The zero-order valence-electron chi connectivity index (χ0n) is 11.3. The Morgan fingerprint density at radius 1 is 1.00 bits per heavy atom. The summed E-state index contributed by atoms with van der Waals surface area (Å²) >= 11 is 0. The highest BCUT2D eigenvalue weighted by atomic mass is 16.2. The Hall–Kier alpha value is -2.29.